The lowest BCUT2D eigenvalue weighted by molar-refractivity contribution is 0.0712. The van der Waals surface area contributed by atoms with Crippen LogP contribution in [-0.4, -0.2) is 53.8 Å². The summed E-state index contributed by atoms with van der Waals surface area (Å²) >= 11 is 6.27. The van der Waals surface area contributed by atoms with Gasteiger partial charge < -0.3 is 18.9 Å². The summed E-state index contributed by atoms with van der Waals surface area (Å²) in [5.74, 6) is 1.75. The molecule has 3 heterocycles. The highest BCUT2D eigenvalue weighted by Gasteiger charge is 2.36. The molecule has 2 aliphatic heterocycles. The first-order valence-electron chi connectivity index (χ1n) is 13.5. The molecular formula is C30H39ClN4O2. The minimum Gasteiger partial charge on any atom is -0.495 e. The molecule has 3 aromatic rings. The molecule has 37 heavy (non-hydrogen) atoms. The van der Waals surface area contributed by atoms with Crippen LogP contribution in [0.5, 0.6) is 11.5 Å². The number of aryl methyl sites for hydroxylation is 2. The summed E-state index contributed by atoms with van der Waals surface area (Å²) < 4.78 is 13.8. The van der Waals surface area contributed by atoms with Crippen molar-refractivity contribution in [2.75, 3.05) is 38.3 Å². The van der Waals surface area contributed by atoms with E-state index in [1.165, 1.54) is 41.6 Å². The first kappa shape index (κ1) is 25.9. The van der Waals surface area contributed by atoms with Gasteiger partial charge >= 0.3 is 0 Å². The highest BCUT2D eigenvalue weighted by molar-refractivity contribution is 6.32. The lowest BCUT2D eigenvalue weighted by atomic mass is 9.86. The number of piperazine rings is 1. The highest BCUT2D eigenvalue weighted by Crippen LogP contribution is 2.40. The third-order valence-electron chi connectivity index (χ3n) is 8.16. The summed E-state index contributed by atoms with van der Waals surface area (Å²) in [6.45, 7) is 11.2. The summed E-state index contributed by atoms with van der Waals surface area (Å²) in [5, 5.41) is 0.661. The summed E-state index contributed by atoms with van der Waals surface area (Å²) in [7, 11) is 1.68. The second-order valence-electron chi connectivity index (χ2n) is 10.5. The van der Waals surface area contributed by atoms with E-state index in [1.807, 2.05) is 19.3 Å². The van der Waals surface area contributed by atoms with Gasteiger partial charge in [-0.2, -0.15) is 0 Å². The molecule has 1 aromatic heterocycles. The third-order valence-corrected chi connectivity index (χ3v) is 8.47. The molecule has 0 aliphatic carbocycles. The fourth-order valence-electron chi connectivity index (χ4n) is 6.02. The van der Waals surface area contributed by atoms with Crippen LogP contribution < -0.4 is 14.4 Å². The molecule has 0 bridgehead atoms. The van der Waals surface area contributed by atoms with Gasteiger partial charge in [0, 0.05) is 56.2 Å². The zero-order chi connectivity index (χ0) is 25.9. The zero-order valence-corrected chi connectivity index (χ0v) is 23.3. The number of hydrogen-bond acceptors (Lipinski definition) is 5. The van der Waals surface area contributed by atoms with E-state index in [0.29, 0.717) is 23.7 Å². The van der Waals surface area contributed by atoms with Crippen molar-refractivity contribution in [3.63, 3.8) is 0 Å². The summed E-state index contributed by atoms with van der Waals surface area (Å²) in [5.41, 5.74) is 6.35. The van der Waals surface area contributed by atoms with E-state index >= 15 is 0 Å². The summed E-state index contributed by atoms with van der Waals surface area (Å²) in [4.78, 5) is 9.54. The molecule has 2 aromatic carbocycles. The molecule has 0 unspecified atom stereocenters. The maximum absolute atomic E-state index is 6.27. The first-order valence-corrected chi connectivity index (χ1v) is 13.9. The summed E-state index contributed by atoms with van der Waals surface area (Å²) in [6, 6.07) is 11.7. The van der Waals surface area contributed by atoms with Crippen molar-refractivity contribution < 1.29 is 9.47 Å². The van der Waals surface area contributed by atoms with Gasteiger partial charge in [0.2, 0.25) is 0 Å². The molecule has 0 radical (unpaired) electrons. The van der Waals surface area contributed by atoms with Crippen LogP contribution in [0.3, 0.4) is 0 Å². The van der Waals surface area contributed by atoms with Gasteiger partial charge in [0.25, 0.3) is 0 Å². The number of halogens is 1. The Balaban J connectivity index is 1.23. The van der Waals surface area contributed by atoms with Gasteiger partial charge in [-0.05, 0) is 81.3 Å². The maximum Gasteiger partial charge on any atom is 0.139 e. The molecule has 0 spiro atoms. The van der Waals surface area contributed by atoms with Crippen LogP contribution in [0, 0.1) is 20.8 Å². The zero-order valence-electron chi connectivity index (χ0n) is 22.5. The number of fused-ring (bicyclic) bond motifs is 1. The molecular weight excluding hydrogens is 484 g/mol. The Morgan fingerprint density at radius 3 is 2.68 bits per heavy atom. The molecule has 6 nitrogen and oxygen atoms in total. The Labute approximate surface area is 226 Å². The van der Waals surface area contributed by atoms with Gasteiger partial charge in [0.05, 0.1) is 30.8 Å². The Bertz CT molecular complexity index is 1230. The largest absolute Gasteiger partial charge is 0.495 e. The van der Waals surface area contributed by atoms with E-state index in [2.05, 4.69) is 63.7 Å². The molecule has 2 atom stereocenters. The van der Waals surface area contributed by atoms with Crippen LogP contribution in [-0.2, 0) is 6.54 Å². The van der Waals surface area contributed by atoms with Crippen LogP contribution in [0.1, 0.15) is 54.1 Å². The van der Waals surface area contributed by atoms with Crippen LogP contribution in [0.4, 0.5) is 5.69 Å². The Kier molecular flexibility index (Phi) is 7.96. The average Bonchev–Trinajstić information content (AvgIpc) is 3.33. The van der Waals surface area contributed by atoms with Crippen molar-refractivity contribution in [3.05, 3.63) is 70.3 Å². The smallest absolute Gasteiger partial charge is 0.139 e. The van der Waals surface area contributed by atoms with Gasteiger partial charge in [-0.15, -0.1) is 0 Å². The van der Waals surface area contributed by atoms with Gasteiger partial charge in [-0.3, -0.25) is 4.90 Å². The Morgan fingerprint density at radius 2 is 1.89 bits per heavy atom. The van der Waals surface area contributed by atoms with E-state index in [0.717, 1.165) is 49.8 Å². The number of methoxy groups -OCH3 is 1. The number of hydrogen-bond donors (Lipinski definition) is 0. The predicted octanol–water partition coefficient (Wildman–Crippen LogP) is 6.36. The molecule has 198 valence electrons. The van der Waals surface area contributed by atoms with E-state index in [1.54, 1.807) is 7.11 Å². The fourth-order valence-corrected chi connectivity index (χ4v) is 6.22. The molecule has 2 fully saturated rings. The number of ether oxygens (including phenoxy) is 2. The topological polar surface area (TPSA) is 42.8 Å². The molecule has 0 N–H and O–H groups in total. The Morgan fingerprint density at radius 1 is 1.03 bits per heavy atom. The van der Waals surface area contributed by atoms with Crippen molar-refractivity contribution in [2.24, 2.45) is 0 Å². The van der Waals surface area contributed by atoms with Crippen molar-refractivity contribution in [1.29, 1.82) is 0 Å². The highest BCUT2D eigenvalue weighted by atomic mass is 35.5. The quantitative estimate of drug-likeness (QED) is 0.322. The van der Waals surface area contributed by atoms with E-state index < -0.39 is 0 Å². The van der Waals surface area contributed by atoms with Crippen LogP contribution in [0.15, 0.2) is 42.9 Å². The standard InChI is InChI=1S/C30H39ClN4O2/c1-21-18-33(20-32-21)13-6-16-37-29-12-10-26(22(2)23(29)3)28-8-5-7-25-19-34(14-15-35(25)28)24-9-11-27(31)30(17-24)36-4/h9-12,17-18,20,25,28H,5-8,13-16,19H2,1-4H3/t25-,28+/m0/s1. The normalized spacial score (nSPS) is 20.1. The SMILES string of the molecule is COc1cc(N2CCN3[C@@H](CCC[C@@H]3c3ccc(OCCCn4cnc(C)c4)c(C)c3C)C2)ccc1Cl. The van der Waals surface area contributed by atoms with Gasteiger partial charge in [-0.25, -0.2) is 4.98 Å². The van der Waals surface area contributed by atoms with Crippen molar-refractivity contribution >= 4 is 17.3 Å². The average molecular weight is 523 g/mol. The van der Waals surface area contributed by atoms with Crippen LogP contribution in [0.25, 0.3) is 0 Å². The van der Waals surface area contributed by atoms with E-state index in [-0.39, 0.29) is 0 Å². The molecule has 0 amide bonds. The number of piperidine rings is 1. The number of imidazole rings is 1. The van der Waals surface area contributed by atoms with Gasteiger partial charge in [0.1, 0.15) is 11.5 Å². The fraction of sp³-hybridized carbons (Fsp3) is 0.500. The minimum absolute atomic E-state index is 0.470. The second kappa shape index (κ2) is 11.4. The number of nitrogens with zero attached hydrogens (tertiary/aromatic N) is 4. The monoisotopic (exact) mass is 522 g/mol. The van der Waals surface area contributed by atoms with E-state index in [4.69, 9.17) is 21.1 Å². The minimum atomic E-state index is 0.470. The predicted molar refractivity (Wildman–Crippen MR) is 150 cm³/mol. The lowest BCUT2D eigenvalue weighted by Crippen LogP contribution is -2.56. The molecule has 5 rings (SSSR count). The van der Waals surface area contributed by atoms with Gasteiger partial charge in [-0.1, -0.05) is 17.7 Å². The van der Waals surface area contributed by atoms with Crippen molar-refractivity contribution in [1.82, 2.24) is 14.5 Å². The number of rotatable bonds is 8. The summed E-state index contributed by atoms with van der Waals surface area (Å²) in [6.07, 6.45) is 8.65. The first-order chi connectivity index (χ1) is 17.9. The van der Waals surface area contributed by atoms with Crippen LogP contribution in [0.2, 0.25) is 5.02 Å². The van der Waals surface area contributed by atoms with Crippen LogP contribution >= 0.6 is 11.6 Å². The number of benzene rings is 2. The molecule has 7 heteroatoms. The third kappa shape index (κ3) is 5.60. The lowest BCUT2D eigenvalue weighted by Gasteiger charge is -2.49. The maximum atomic E-state index is 6.27. The molecule has 2 saturated heterocycles. The van der Waals surface area contributed by atoms with Crippen molar-refractivity contribution in [2.45, 2.75) is 65.1 Å². The molecule has 0 saturated carbocycles. The van der Waals surface area contributed by atoms with Crippen molar-refractivity contribution in [3.8, 4) is 11.5 Å². The number of anilines is 1. The molecule has 2 aliphatic rings. The second-order valence-corrected chi connectivity index (χ2v) is 10.9. The Hall–Kier alpha value is -2.70. The number of aromatic nitrogens is 2. The van der Waals surface area contributed by atoms with Gasteiger partial charge in [0.15, 0.2) is 0 Å². The van der Waals surface area contributed by atoms with E-state index in [9.17, 15) is 0 Å².